The molecule has 0 aliphatic rings. The first-order valence-corrected chi connectivity index (χ1v) is 10.7. The fourth-order valence-corrected chi connectivity index (χ4v) is 3.48. The van der Waals surface area contributed by atoms with Gasteiger partial charge in [0.05, 0.1) is 13.1 Å². The first kappa shape index (κ1) is 21.0. The molecule has 2 aromatic rings. The Hall–Kier alpha value is -2.34. The number of likely N-dealkylation sites (N-methyl/N-ethyl adjacent to an activating group) is 1. The van der Waals surface area contributed by atoms with Gasteiger partial charge in [0.15, 0.2) is 5.96 Å². The van der Waals surface area contributed by atoms with Crippen molar-refractivity contribution in [3.05, 3.63) is 66.2 Å². The summed E-state index contributed by atoms with van der Waals surface area (Å²) in [7, 11) is 1.07. The van der Waals surface area contributed by atoms with Crippen molar-refractivity contribution in [1.29, 1.82) is 0 Å². The standard InChI is InChI=1S/C21H29N3O2S/c1-3-22-21(24(2)15-16-26-20-12-8-5-9-13-20)23-14-17-27(25)18-19-10-6-4-7-11-19/h4-13H,3,14-18H2,1-2H3,(H,22,23). The first-order chi connectivity index (χ1) is 13.2. The Labute approximate surface area is 164 Å². The highest BCUT2D eigenvalue weighted by Crippen LogP contribution is 2.08. The third-order valence-corrected chi connectivity index (χ3v) is 5.18. The number of guanidine groups is 1. The number of ether oxygens (including phenoxy) is 1. The summed E-state index contributed by atoms with van der Waals surface area (Å²) in [6.07, 6.45) is 0. The minimum absolute atomic E-state index is 0.533. The number of rotatable bonds is 10. The van der Waals surface area contributed by atoms with Crippen molar-refractivity contribution in [3.8, 4) is 5.75 Å². The van der Waals surface area contributed by atoms with Crippen LogP contribution in [0.2, 0.25) is 0 Å². The lowest BCUT2D eigenvalue weighted by molar-refractivity contribution is 0.281. The van der Waals surface area contributed by atoms with Crippen LogP contribution in [0.5, 0.6) is 5.75 Å². The van der Waals surface area contributed by atoms with E-state index in [-0.39, 0.29) is 0 Å². The smallest absolute Gasteiger partial charge is 0.193 e. The molecule has 1 atom stereocenters. The van der Waals surface area contributed by atoms with E-state index in [1.165, 1.54) is 0 Å². The highest BCUT2D eigenvalue weighted by Gasteiger charge is 2.07. The van der Waals surface area contributed by atoms with Crippen LogP contribution in [0.1, 0.15) is 12.5 Å². The van der Waals surface area contributed by atoms with Crippen LogP contribution >= 0.6 is 0 Å². The van der Waals surface area contributed by atoms with E-state index in [9.17, 15) is 4.21 Å². The number of nitrogens with one attached hydrogen (secondary N) is 1. The number of hydrogen-bond donors (Lipinski definition) is 1. The maximum Gasteiger partial charge on any atom is 0.193 e. The van der Waals surface area contributed by atoms with Gasteiger partial charge in [-0.15, -0.1) is 0 Å². The fraction of sp³-hybridized carbons (Fsp3) is 0.381. The third-order valence-electron chi connectivity index (χ3n) is 3.89. The Kier molecular flexibility index (Phi) is 9.41. The number of benzene rings is 2. The summed E-state index contributed by atoms with van der Waals surface area (Å²) in [6.45, 7) is 4.65. The molecule has 146 valence electrons. The molecule has 5 nitrogen and oxygen atoms in total. The van der Waals surface area contributed by atoms with Gasteiger partial charge >= 0.3 is 0 Å². The van der Waals surface area contributed by atoms with Crippen LogP contribution in [0.25, 0.3) is 0 Å². The van der Waals surface area contributed by atoms with Crippen LogP contribution in [0, 0.1) is 0 Å². The van der Waals surface area contributed by atoms with Gasteiger partial charge in [0.1, 0.15) is 12.4 Å². The maximum absolute atomic E-state index is 12.2. The Morgan fingerprint density at radius 3 is 2.44 bits per heavy atom. The molecule has 1 N–H and O–H groups in total. The van der Waals surface area contributed by atoms with E-state index in [1.54, 1.807) is 0 Å². The zero-order valence-corrected chi connectivity index (χ0v) is 17.0. The SMILES string of the molecule is CCNC(=NCCS(=O)Cc1ccccc1)N(C)CCOc1ccccc1. The van der Waals surface area contributed by atoms with E-state index >= 15 is 0 Å². The summed E-state index contributed by atoms with van der Waals surface area (Å²) in [5.74, 6) is 2.81. The molecule has 6 heteroatoms. The topological polar surface area (TPSA) is 53.9 Å². The highest BCUT2D eigenvalue weighted by atomic mass is 32.2. The number of para-hydroxylation sites is 1. The van der Waals surface area contributed by atoms with Gasteiger partial charge in [0, 0.05) is 35.9 Å². The van der Waals surface area contributed by atoms with Gasteiger partial charge in [-0.3, -0.25) is 9.20 Å². The molecule has 0 radical (unpaired) electrons. The molecule has 1 unspecified atom stereocenters. The molecule has 2 aromatic carbocycles. The van der Waals surface area contributed by atoms with Gasteiger partial charge in [0.2, 0.25) is 0 Å². The summed E-state index contributed by atoms with van der Waals surface area (Å²) in [5, 5.41) is 3.28. The predicted octanol–water partition coefficient (Wildman–Crippen LogP) is 2.91. The molecule has 0 saturated carbocycles. The minimum atomic E-state index is -0.913. The van der Waals surface area contributed by atoms with Crippen molar-refractivity contribution in [2.24, 2.45) is 4.99 Å². The fourth-order valence-electron chi connectivity index (χ4n) is 2.48. The van der Waals surface area contributed by atoms with Crippen molar-refractivity contribution in [2.75, 3.05) is 39.0 Å². The summed E-state index contributed by atoms with van der Waals surface area (Å²) in [6, 6.07) is 19.7. The Balaban J connectivity index is 1.77. The van der Waals surface area contributed by atoms with E-state index in [2.05, 4.69) is 10.3 Å². The lowest BCUT2D eigenvalue weighted by Crippen LogP contribution is -2.41. The first-order valence-electron chi connectivity index (χ1n) is 9.25. The summed E-state index contributed by atoms with van der Waals surface area (Å²) >= 11 is 0. The van der Waals surface area contributed by atoms with E-state index < -0.39 is 10.8 Å². The second-order valence-electron chi connectivity index (χ2n) is 6.09. The van der Waals surface area contributed by atoms with E-state index in [4.69, 9.17) is 4.74 Å². The van der Waals surface area contributed by atoms with Gasteiger partial charge in [-0.1, -0.05) is 48.5 Å². The molecular formula is C21H29N3O2S. The zero-order chi connectivity index (χ0) is 19.3. The Morgan fingerprint density at radius 2 is 1.78 bits per heavy atom. The summed E-state index contributed by atoms with van der Waals surface area (Å²) < 4.78 is 18.0. The molecular weight excluding hydrogens is 358 g/mol. The predicted molar refractivity (Wildman–Crippen MR) is 114 cm³/mol. The quantitative estimate of drug-likeness (QED) is 0.503. The Bertz CT molecular complexity index is 708. The second-order valence-corrected chi connectivity index (χ2v) is 7.67. The average molecular weight is 388 g/mol. The average Bonchev–Trinajstić information content (AvgIpc) is 2.69. The van der Waals surface area contributed by atoms with Crippen molar-refractivity contribution >= 4 is 16.8 Å². The largest absolute Gasteiger partial charge is 0.492 e. The van der Waals surface area contributed by atoms with Gasteiger partial charge in [0.25, 0.3) is 0 Å². The molecule has 0 aromatic heterocycles. The molecule has 27 heavy (non-hydrogen) atoms. The number of nitrogens with zero attached hydrogens (tertiary/aromatic N) is 2. The van der Waals surface area contributed by atoms with Crippen LogP contribution < -0.4 is 10.1 Å². The van der Waals surface area contributed by atoms with Crippen molar-refractivity contribution in [1.82, 2.24) is 10.2 Å². The summed E-state index contributed by atoms with van der Waals surface area (Å²) in [5.41, 5.74) is 1.10. The van der Waals surface area contributed by atoms with Crippen LogP contribution in [0.4, 0.5) is 0 Å². The summed E-state index contributed by atoms with van der Waals surface area (Å²) in [4.78, 5) is 6.64. The molecule has 0 saturated heterocycles. The lowest BCUT2D eigenvalue weighted by Gasteiger charge is -2.22. The van der Waals surface area contributed by atoms with Crippen molar-refractivity contribution < 1.29 is 8.95 Å². The zero-order valence-electron chi connectivity index (χ0n) is 16.1. The van der Waals surface area contributed by atoms with Crippen LogP contribution in [-0.2, 0) is 16.6 Å². The van der Waals surface area contributed by atoms with E-state index in [1.807, 2.05) is 79.5 Å². The van der Waals surface area contributed by atoms with Crippen molar-refractivity contribution in [3.63, 3.8) is 0 Å². The molecule has 0 bridgehead atoms. The van der Waals surface area contributed by atoms with E-state index in [0.717, 1.165) is 23.8 Å². The van der Waals surface area contributed by atoms with Gasteiger partial charge in [-0.05, 0) is 24.6 Å². The van der Waals surface area contributed by atoms with Crippen molar-refractivity contribution in [2.45, 2.75) is 12.7 Å². The molecule has 0 spiro atoms. The molecule has 0 aliphatic carbocycles. The van der Waals surface area contributed by atoms with Gasteiger partial charge in [-0.2, -0.15) is 0 Å². The highest BCUT2D eigenvalue weighted by molar-refractivity contribution is 7.84. The maximum atomic E-state index is 12.2. The molecule has 0 heterocycles. The normalized spacial score (nSPS) is 12.4. The monoisotopic (exact) mass is 387 g/mol. The van der Waals surface area contributed by atoms with Gasteiger partial charge < -0.3 is 15.0 Å². The molecule has 2 rings (SSSR count). The third kappa shape index (κ3) is 8.26. The van der Waals surface area contributed by atoms with Crippen LogP contribution in [0.15, 0.2) is 65.7 Å². The van der Waals surface area contributed by atoms with Gasteiger partial charge in [-0.25, -0.2) is 0 Å². The molecule has 0 fully saturated rings. The van der Waals surface area contributed by atoms with Crippen LogP contribution in [-0.4, -0.2) is 54.1 Å². The minimum Gasteiger partial charge on any atom is -0.492 e. The lowest BCUT2D eigenvalue weighted by atomic mass is 10.2. The molecule has 0 amide bonds. The number of aliphatic imine (C=N–C) groups is 1. The molecule has 0 aliphatic heterocycles. The second kappa shape index (κ2) is 12.1. The Morgan fingerprint density at radius 1 is 1.11 bits per heavy atom. The number of hydrogen-bond acceptors (Lipinski definition) is 3. The van der Waals surface area contributed by atoms with E-state index in [0.29, 0.717) is 31.2 Å². The van der Waals surface area contributed by atoms with Crippen LogP contribution in [0.3, 0.4) is 0 Å².